The number of nitrogens with zero attached hydrogens (tertiary/aromatic N) is 2. The standard InChI is InChI=1S/C19H23N3O3/c1-9-14-12(8-13(10-4-5-10)20-18(14)25-22-9)17(23)21-15-11-6-7-24-16(11)19(15,2)3/h8,10-11,15-16H,4-7H2,1-3H3,(H,21,23)/t11-,15-,16-/m1/s1. The minimum absolute atomic E-state index is 0.0357. The Morgan fingerprint density at radius 3 is 2.88 bits per heavy atom. The number of pyridine rings is 1. The van der Waals surface area contributed by atoms with E-state index in [1.54, 1.807) is 0 Å². The predicted octanol–water partition coefficient (Wildman–Crippen LogP) is 2.95. The molecule has 6 nitrogen and oxygen atoms in total. The maximum Gasteiger partial charge on any atom is 0.259 e. The van der Waals surface area contributed by atoms with Gasteiger partial charge < -0.3 is 14.6 Å². The Morgan fingerprint density at radius 1 is 1.32 bits per heavy atom. The van der Waals surface area contributed by atoms with Crippen molar-refractivity contribution in [3.8, 4) is 0 Å². The van der Waals surface area contributed by atoms with Crippen molar-refractivity contribution in [3.63, 3.8) is 0 Å². The molecule has 25 heavy (non-hydrogen) atoms. The lowest BCUT2D eigenvalue weighted by Crippen LogP contribution is -2.66. The van der Waals surface area contributed by atoms with Gasteiger partial charge in [0.1, 0.15) is 0 Å². The third kappa shape index (κ3) is 2.16. The van der Waals surface area contributed by atoms with E-state index in [1.165, 1.54) is 0 Å². The van der Waals surface area contributed by atoms with Gasteiger partial charge in [0.2, 0.25) is 0 Å². The number of fused-ring (bicyclic) bond motifs is 2. The second kappa shape index (κ2) is 5.04. The minimum Gasteiger partial charge on any atom is -0.377 e. The number of nitrogens with one attached hydrogen (secondary N) is 1. The second-order valence-corrected chi connectivity index (χ2v) is 8.33. The average molecular weight is 341 g/mol. The van der Waals surface area contributed by atoms with Gasteiger partial charge in [-0.05, 0) is 32.3 Å². The van der Waals surface area contributed by atoms with Gasteiger partial charge in [0.25, 0.3) is 11.6 Å². The van der Waals surface area contributed by atoms with E-state index in [4.69, 9.17) is 9.26 Å². The average Bonchev–Trinajstić information content (AvgIpc) is 3.23. The highest BCUT2D eigenvalue weighted by Gasteiger charge is 2.59. The van der Waals surface area contributed by atoms with Crippen molar-refractivity contribution in [2.75, 3.05) is 6.61 Å². The van der Waals surface area contributed by atoms with Crippen LogP contribution in [0.3, 0.4) is 0 Å². The van der Waals surface area contributed by atoms with Crippen LogP contribution in [0.15, 0.2) is 10.6 Å². The topological polar surface area (TPSA) is 77.2 Å². The van der Waals surface area contributed by atoms with Gasteiger partial charge in [0.05, 0.1) is 22.7 Å². The van der Waals surface area contributed by atoms with Crippen molar-refractivity contribution < 1.29 is 14.1 Å². The lowest BCUT2D eigenvalue weighted by atomic mass is 9.57. The number of hydrogen-bond donors (Lipinski definition) is 1. The van der Waals surface area contributed by atoms with E-state index in [0.29, 0.717) is 28.8 Å². The van der Waals surface area contributed by atoms with Gasteiger partial charge in [-0.1, -0.05) is 19.0 Å². The van der Waals surface area contributed by atoms with Crippen molar-refractivity contribution in [1.82, 2.24) is 15.5 Å². The van der Waals surface area contributed by atoms with Crippen molar-refractivity contribution >= 4 is 17.0 Å². The van der Waals surface area contributed by atoms with E-state index in [0.717, 1.165) is 36.9 Å². The van der Waals surface area contributed by atoms with Crippen LogP contribution in [0.1, 0.15) is 60.8 Å². The number of carbonyl (C=O) groups excluding carboxylic acids is 1. The zero-order chi connectivity index (χ0) is 17.3. The number of ether oxygens (including phenoxy) is 1. The molecule has 2 aromatic rings. The molecule has 2 aromatic heterocycles. The highest BCUT2D eigenvalue weighted by molar-refractivity contribution is 6.06. The first kappa shape index (κ1) is 15.3. The van der Waals surface area contributed by atoms with Gasteiger partial charge in [-0.15, -0.1) is 0 Å². The van der Waals surface area contributed by atoms with Crippen LogP contribution in [-0.4, -0.2) is 34.8 Å². The summed E-state index contributed by atoms with van der Waals surface area (Å²) in [5.74, 6) is 0.820. The molecule has 5 rings (SSSR count). The first-order chi connectivity index (χ1) is 12.0. The number of amides is 1. The normalized spacial score (nSPS) is 30.1. The quantitative estimate of drug-likeness (QED) is 0.929. The van der Waals surface area contributed by atoms with E-state index >= 15 is 0 Å². The third-order valence-electron chi connectivity index (χ3n) is 6.26. The van der Waals surface area contributed by atoms with Crippen molar-refractivity contribution in [1.29, 1.82) is 0 Å². The monoisotopic (exact) mass is 341 g/mol. The third-order valence-corrected chi connectivity index (χ3v) is 6.26. The zero-order valence-corrected chi connectivity index (χ0v) is 14.8. The zero-order valence-electron chi connectivity index (χ0n) is 14.8. The molecule has 3 atom stereocenters. The summed E-state index contributed by atoms with van der Waals surface area (Å²) in [5.41, 5.74) is 2.74. The second-order valence-electron chi connectivity index (χ2n) is 8.33. The summed E-state index contributed by atoms with van der Waals surface area (Å²) >= 11 is 0. The summed E-state index contributed by atoms with van der Waals surface area (Å²) in [5, 5.41) is 8.03. The molecule has 3 heterocycles. The van der Waals surface area contributed by atoms with E-state index in [1.807, 2.05) is 13.0 Å². The molecule has 3 fully saturated rings. The Hall–Kier alpha value is -1.95. The number of rotatable bonds is 3. The molecule has 3 aliphatic rings. The van der Waals surface area contributed by atoms with E-state index < -0.39 is 0 Å². The number of hydrogen-bond acceptors (Lipinski definition) is 5. The van der Waals surface area contributed by atoms with Crippen molar-refractivity contribution in [2.45, 2.75) is 58.1 Å². The number of carbonyl (C=O) groups is 1. The van der Waals surface area contributed by atoms with Crippen LogP contribution < -0.4 is 5.32 Å². The predicted molar refractivity (Wildman–Crippen MR) is 91.4 cm³/mol. The largest absolute Gasteiger partial charge is 0.377 e. The molecule has 0 bridgehead atoms. The summed E-state index contributed by atoms with van der Waals surface area (Å²) in [7, 11) is 0. The smallest absolute Gasteiger partial charge is 0.259 e. The maximum atomic E-state index is 13.1. The fourth-order valence-electron chi connectivity index (χ4n) is 4.72. The summed E-state index contributed by atoms with van der Waals surface area (Å²) in [6.07, 6.45) is 3.53. The van der Waals surface area contributed by atoms with E-state index in [-0.39, 0.29) is 23.5 Å². The molecule has 0 unspecified atom stereocenters. The first-order valence-electron chi connectivity index (χ1n) is 9.16. The van der Waals surface area contributed by atoms with Crippen LogP contribution in [0.2, 0.25) is 0 Å². The molecule has 0 aromatic carbocycles. The van der Waals surface area contributed by atoms with Crippen LogP contribution in [0.4, 0.5) is 0 Å². The van der Waals surface area contributed by atoms with Crippen LogP contribution in [0.25, 0.3) is 11.1 Å². The molecule has 6 heteroatoms. The Balaban J connectivity index is 1.50. The molecular formula is C19H23N3O3. The fraction of sp³-hybridized carbons (Fsp3) is 0.632. The molecule has 2 saturated carbocycles. The molecule has 1 amide bonds. The lowest BCUT2D eigenvalue weighted by molar-refractivity contribution is -0.108. The Kier molecular flexibility index (Phi) is 3.08. The van der Waals surface area contributed by atoms with Gasteiger partial charge in [0.15, 0.2) is 0 Å². The van der Waals surface area contributed by atoms with E-state index in [9.17, 15) is 4.79 Å². The molecule has 1 N–H and O–H groups in total. The highest BCUT2D eigenvalue weighted by atomic mass is 16.5. The first-order valence-corrected chi connectivity index (χ1v) is 9.16. The Morgan fingerprint density at radius 2 is 2.12 bits per heavy atom. The van der Waals surface area contributed by atoms with Crippen LogP contribution in [0.5, 0.6) is 0 Å². The van der Waals surface area contributed by atoms with Gasteiger partial charge in [-0.2, -0.15) is 0 Å². The molecular weight excluding hydrogens is 318 g/mol. The summed E-state index contributed by atoms with van der Waals surface area (Å²) in [6, 6.07) is 2.08. The van der Waals surface area contributed by atoms with Gasteiger partial charge in [-0.3, -0.25) is 4.79 Å². The fourth-order valence-corrected chi connectivity index (χ4v) is 4.72. The molecule has 0 spiro atoms. The van der Waals surface area contributed by atoms with Crippen LogP contribution in [0, 0.1) is 18.3 Å². The summed E-state index contributed by atoms with van der Waals surface area (Å²) in [4.78, 5) is 17.7. The molecule has 1 saturated heterocycles. The number of aryl methyl sites for hydroxylation is 1. The summed E-state index contributed by atoms with van der Waals surface area (Å²) in [6.45, 7) is 7.00. The maximum absolute atomic E-state index is 13.1. The van der Waals surface area contributed by atoms with Gasteiger partial charge in [0, 0.05) is 35.6 Å². The minimum atomic E-state index is -0.0518. The van der Waals surface area contributed by atoms with Crippen LogP contribution in [-0.2, 0) is 4.74 Å². The van der Waals surface area contributed by atoms with Crippen molar-refractivity contribution in [2.24, 2.45) is 11.3 Å². The Bertz CT molecular complexity index is 868. The molecule has 132 valence electrons. The highest BCUT2D eigenvalue weighted by Crippen LogP contribution is 2.52. The van der Waals surface area contributed by atoms with Gasteiger partial charge in [-0.25, -0.2) is 4.98 Å². The molecule has 1 aliphatic heterocycles. The molecule has 2 aliphatic carbocycles. The number of aromatic nitrogens is 2. The SMILES string of the molecule is Cc1noc2nc(C3CC3)cc(C(=O)N[C@@H]3[C@H]4CCO[C@H]4C3(C)C)c12. The lowest BCUT2D eigenvalue weighted by Gasteiger charge is -2.54. The summed E-state index contributed by atoms with van der Waals surface area (Å²) < 4.78 is 11.2. The van der Waals surface area contributed by atoms with Gasteiger partial charge >= 0.3 is 0 Å². The molecule has 0 radical (unpaired) electrons. The van der Waals surface area contributed by atoms with Crippen LogP contribution >= 0.6 is 0 Å². The van der Waals surface area contributed by atoms with Crippen molar-refractivity contribution in [3.05, 3.63) is 23.0 Å². The Labute approximate surface area is 146 Å². The van der Waals surface area contributed by atoms with E-state index in [2.05, 4.69) is 29.3 Å².